The van der Waals surface area contributed by atoms with E-state index in [9.17, 15) is 13.2 Å². The highest BCUT2D eigenvalue weighted by atomic mass is 32.2. The molecule has 0 bridgehead atoms. The largest absolute Gasteiger partial charge is 0.351 e. The van der Waals surface area contributed by atoms with Gasteiger partial charge in [0.15, 0.2) is 0 Å². The second-order valence-corrected chi connectivity index (χ2v) is 8.43. The number of carbonyl (C=O) groups excluding carboxylic acids is 1. The molecule has 0 heterocycles. The lowest BCUT2D eigenvalue weighted by molar-refractivity contribution is 0.0953. The van der Waals surface area contributed by atoms with E-state index in [4.69, 9.17) is 0 Å². The molecule has 0 atom stereocenters. The Bertz CT molecular complexity index is 539. The van der Waals surface area contributed by atoms with E-state index >= 15 is 0 Å². The lowest BCUT2D eigenvalue weighted by atomic mass is 10.2. The highest BCUT2D eigenvalue weighted by Crippen LogP contribution is 2.26. The summed E-state index contributed by atoms with van der Waals surface area (Å²) in [5.41, 5.74) is 0.592. The molecule has 0 radical (unpaired) electrons. The van der Waals surface area contributed by atoms with E-state index in [0.717, 1.165) is 11.2 Å². The Labute approximate surface area is 118 Å². The minimum atomic E-state index is -3.05. The number of carbonyl (C=O) groups is 1. The minimum absolute atomic E-state index is 0.0434. The number of hydrogen-bond acceptors (Lipinski definition) is 4. The van der Waals surface area contributed by atoms with Crippen molar-refractivity contribution in [2.75, 3.05) is 18.6 Å². The van der Waals surface area contributed by atoms with Crippen LogP contribution in [0.3, 0.4) is 0 Å². The number of rotatable bonds is 6. The monoisotopic (exact) mass is 301 g/mol. The molecule has 0 aliphatic carbocycles. The minimum Gasteiger partial charge on any atom is -0.351 e. The van der Waals surface area contributed by atoms with Gasteiger partial charge in [-0.05, 0) is 12.1 Å². The van der Waals surface area contributed by atoms with Crippen molar-refractivity contribution in [1.82, 2.24) is 5.32 Å². The van der Waals surface area contributed by atoms with Crippen molar-refractivity contribution >= 4 is 27.5 Å². The van der Waals surface area contributed by atoms with E-state index < -0.39 is 9.84 Å². The molecular weight excluding hydrogens is 282 g/mol. The summed E-state index contributed by atoms with van der Waals surface area (Å²) < 4.78 is 22.0. The van der Waals surface area contributed by atoms with Crippen LogP contribution in [-0.2, 0) is 9.84 Å². The fourth-order valence-corrected chi connectivity index (χ4v) is 2.88. The zero-order valence-corrected chi connectivity index (χ0v) is 13.0. The van der Waals surface area contributed by atoms with Crippen LogP contribution < -0.4 is 5.32 Å². The quantitative estimate of drug-likeness (QED) is 0.816. The lowest BCUT2D eigenvalue weighted by Crippen LogP contribution is -2.29. The average Bonchev–Trinajstić information content (AvgIpc) is 2.27. The maximum atomic E-state index is 12.0. The van der Waals surface area contributed by atoms with Crippen molar-refractivity contribution in [3.63, 3.8) is 0 Å². The third-order valence-corrected chi connectivity index (χ3v) is 4.28. The number of thioether (sulfide) groups is 1. The van der Waals surface area contributed by atoms with Crippen LogP contribution in [0.1, 0.15) is 24.2 Å². The van der Waals surface area contributed by atoms with Gasteiger partial charge in [0.05, 0.1) is 11.3 Å². The second kappa shape index (κ2) is 6.96. The smallest absolute Gasteiger partial charge is 0.252 e. The molecule has 0 aromatic heterocycles. The van der Waals surface area contributed by atoms with Crippen LogP contribution in [-0.4, -0.2) is 38.1 Å². The molecule has 1 rings (SSSR count). The molecule has 0 saturated carbocycles. The Kier molecular flexibility index (Phi) is 5.87. The predicted octanol–water partition coefficient (Wildman–Crippen LogP) is 1.96. The van der Waals surface area contributed by atoms with Crippen molar-refractivity contribution in [3.05, 3.63) is 29.8 Å². The summed E-state index contributed by atoms with van der Waals surface area (Å²) in [6, 6.07) is 7.34. The molecule has 6 heteroatoms. The van der Waals surface area contributed by atoms with Gasteiger partial charge < -0.3 is 5.32 Å². The molecular formula is C13H19NO3S2. The molecule has 0 saturated heterocycles. The normalized spacial score (nSPS) is 11.6. The molecule has 1 aromatic rings. The van der Waals surface area contributed by atoms with Crippen molar-refractivity contribution in [2.24, 2.45) is 0 Å². The first kappa shape index (κ1) is 16.0. The molecule has 0 fully saturated rings. The number of benzene rings is 1. The fourth-order valence-electron chi connectivity index (χ4n) is 1.46. The molecule has 0 aliphatic rings. The van der Waals surface area contributed by atoms with E-state index in [0.29, 0.717) is 10.8 Å². The van der Waals surface area contributed by atoms with Crippen molar-refractivity contribution in [3.8, 4) is 0 Å². The molecule has 19 heavy (non-hydrogen) atoms. The van der Waals surface area contributed by atoms with Crippen LogP contribution in [0.5, 0.6) is 0 Å². The molecule has 1 aromatic carbocycles. The topological polar surface area (TPSA) is 63.2 Å². The Hall–Kier alpha value is -1.01. The molecule has 1 N–H and O–H groups in total. The Morgan fingerprint density at radius 2 is 1.95 bits per heavy atom. The van der Waals surface area contributed by atoms with Crippen LogP contribution in [0.4, 0.5) is 0 Å². The van der Waals surface area contributed by atoms with Gasteiger partial charge >= 0.3 is 0 Å². The first-order chi connectivity index (χ1) is 8.79. The lowest BCUT2D eigenvalue weighted by Gasteiger charge is -2.11. The Balaban J connectivity index is 2.71. The van der Waals surface area contributed by atoms with Crippen molar-refractivity contribution < 1.29 is 13.2 Å². The van der Waals surface area contributed by atoms with Gasteiger partial charge in [-0.2, -0.15) is 0 Å². The van der Waals surface area contributed by atoms with Crippen LogP contribution >= 0.6 is 11.8 Å². The molecule has 0 spiro atoms. The molecule has 0 unspecified atom stereocenters. The second-order valence-electron chi connectivity index (χ2n) is 4.55. The SMILES string of the molecule is CC(C)Sc1ccccc1C(=O)NCCS(C)(=O)=O. The van der Waals surface area contributed by atoms with Gasteiger partial charge in [0.25, 0.3) is 5.91 Å². The van der Waals surface area contributed by atoms with Gasteiger partial charge in [0.1, 0.15) is 9.84 Å². The number of amides is 1. The summed E-state index contributed by atoms with van der Waals surface area (Å²) in [6.07, 6.45) is 1.15. The van der Waals surface area contributed by atoms with Gasteiger partial charge in [-0.25, -0.2) is 8.42 Å². The number of hydrogen-bond donors (Lipinski definition) is 1. The third kappa shape index (κ3) is 6.11. The summed E-state index contributed by atoms with van der Waals surface area (Å²) in [6.45, 7) is 4.25. The van der Waals surface area contributed by atoms with Crippen LogP contribution in [0.2, 0.25) is 0 Å². The van der Waals surface area contributed by atoms with E-state index in [2.05, 4.69) is 19.2 Å². The zero-order valence-electron chi connectivity index (χ0n) is 11.3. The van der Waals surface area contributed by atoms with Crippen LogP contribution in [0.15, 0.2) is 29.2 Å². The molecule has 1 amide bonds. The first-order valence-corrected chi connectivity index (χ1v) is 8.95. The summed E-state index contributed by atoms with van der Waals surface area (Å²) in [4.78, 5) is 12.9. The van der Waals surface area contributed by atoms with Gasteiger partial charge in [0.2, 0.25) is 0 Å². The zero-order chi connectivity index (χ0) is 14.5. The predicted molar refractivity (Wildman–Crippen MR) is 79.5 cm³/mol. The molecule has 106 valence electrons. The maximum Gasteiger partial charge on any atom is 0.252 e. The average molecular weight is 301 g/mol. The Morgan fingerprint density at radius 1 is 1.32 bits per heavy atom. The van der Waals surface area contributed by atoms with Gasteiger partial charge in [0, 0.05) is 22.9 Å². The summed E-state index contributed by atoms with van der Waals surface area (Å²) in [7, 11) is -3.05. The third-order valence-electron chi connectivity index (χ3n) is 2.25. The highest BCUT2D eigenvalue weighted by Gasteiger charge is 2.12. The molecule has 4 nitrogen and oxygen atoms in total. The number of nitrogens with one attached hydrogen (secondary N) is 1. The summed E-state index contributed by atoms with van der Waals surface area (Å²) >= 11 is 1.61. The summed E-state index contributed by atoms with van der Waals surface area (Å²) in [5.74, 6) is -0.273. The Morgan fingerprint density at radius 3 is 2.53 bits per heavy atom. The fraction of sp³-hybridized carbons (Fsp3) is 0.462. The van der Waals surface area contributed by atoms with Gasteiger partial charge in [-0.3, -0.25) is 4.79 Å². The van der Waals surface area contributed by atoms with E-state index in [-0.39, 0.29) is 18.2 Å². The first-order valence-electron chi connectivity index (χ1n) is 6.01. The van der Waals surface area contributed by atoms with Gasteiger partial charge in [-0.1, -0.05) is 26.0 Å². The van der Waals surface area contributed by atoms with Crippen LogP contribution in [0.25, 0.3) is 0 Å². The van der Waals surface area contributed by atoms with Crippen molar-refractivity contribution in [2.45, 2.75) is 24.0 Å². The van der Waals surface area contributed by atoms with E-state index in [1.807, 2.05) is 12.1 Å². The van der Waals surface area contributed by atoms with E-state index in [1.165, 1.54) is 0 Å². The van der Waals surface area contributed by atoms with Crippen molar-refractivity contribution in [1.29, 1.82) is 0 Å². The maximum absolute atomic E-state index is 12.0. The van der Waals surface area contributed by atoms with Crippen LogP contribution in [0, 0.1) is 0 Å². The standard InChI is InChI=1S/C13H19NO3S2/c1-10(2)18-12-7-5-4-6-11(12)13(15)14-8-9-19(3,16)17/h4-7,10H,8-9H2,1-3H3,(H,14,15). The molecule has 0 aliphatic heterocycles. The number of sulfone groups is 1. The summed E-state index contributed by atoms with van der Waals surface area (Å²) in [5, 5.41) is 3.02. The van der Waals surface area contributed by atoms with Gasteiger partial charge in [-0.15, -0.1) is 11.8 Å². The highest BCUT2D eigenvalue weighted by molar-refractivity contribution is 8.00. The van der Waals surface area contributed by atoms with E-state index in [1.54, 1.807) is 23.9 Å².